The maximum Gasteiger partial charge on any atom is 0.257 e. The lowest BCUT2D eigenvalue weighted by atomic mass is 10.1. The second kappa shape index (κ2) is 7.88. The number of carbonyl (C=O) groups excluding carboxylic acids is 1. The van der Waals surface area contributed by atoms with Crippen LogP contribution in [0.4, 0.5) is 10.1 Å². The first-order valence-corrected chi connectivity index (χ1v) is 8.12. The largest absolute Gasteiger partial charge is 0.476 e. The van der Waals surface area contributed by atoms with E-state index in [1.165, 1.54) is 12.1 Å². The van der Waals surface area contributed by atoms with Crippen molar-refractivity contribution in [1.29, 1.82) is 0 Å². The van der Waals surface area contributed by atoms with Crippen LogP contribution in [0.15, 0.2) is 48.8 Å². The van der Waals surface area contributed by atoms with Crippen LogP contribution in [-0.2, 0) is 0 Å². The predicted molar refractivity (Wildman–Crippen MR) is 97.9 cm³/mol. The van der Waals surface area contributed by atoms with E-state index in [1.54, 1.807) is 36.7 Å². The van der Waals surface area contributed by atoms with Crippen molar-refractivity contribution in [3.63, 3.8) is 0 Å². The van der Waals surface area contributed by atoms with Crippen LogP contribution in [0, 0.1) is 5.82 Å². The smallest absolute Gasteiger partial charge is 0.257 e. The molecule has 0 aliphatic heterocycles. The summed E-state index contributed by atoms with van der Waals surface area (Å²) in [6.07, 6.45) is 3.11. The fourth-order valence-electron chi connectivity index (χ4n) is 2.43. The molecule has 0 fully saturated rings. The van der Waals surface area contributed by atoms with E-state index in [2.05, 4.69) is 15.3 Å². The summed E-state index contributed by atoms with van der Waals surface area (Å²) in [7, 11) is 3.90. The number of carbonyl (C=O) groups is 1. The van der Waals surface area contributed by atoms with Crippen molar-refractivity contribution in [2.75, 3.05) is 32.6 Å². The Morgan fingerprint density at radius 3 is 2.85 bits per heavy atom. The number of likely N-dealkylation sites (N-methyl/N-ethyl adjacent to an activating group) is 1. The zero-order valence-electron chi connectivity index (χ0n) is 14.6. The number of anilines is 1. The predicted octanol–water partition coefficient (Wildman–Crippen LogP) is 2.96. The van der Waals surface area contributed by atoms with Gasteiger partial charge in [-0.3, -0.25) is 9.78 Å². The molecule has 0 saturated heterocycles. The Morgan fingerprint density at radius 2 is 2.04 bits per heavy atom. The minimum absolute atomic E-state index is 0.174. The topological polar surface area (TPSA) is 67.3 Å². The zero-order chi connectivity index (χ0) is 18.5. The highest BCUT2D eigenvalue weighted by Crippen LogP contribution is 2.21. The Bertz CT molecular complexity index is 930. The van der Waals surface area contributed by atoms with Gasteiger partial charge >= 0.3 is 0 Å². The maximum absolute atomic E-state index is 13.8. The van der Waals surface area contributed by atoms with Crippen molar-refractivity contribution in [1.82, 2.24) is 14.9 Å². The SMILES string of the molecule is CN(C)CCOc1cc(NC(=O)c2cc(F)cc3cccnc23)ccn1. The normalized spacial score (nSPS) is 10.9. The van der Waals surface area contributed by atoms with Crippen molar-refractivity contribution in [2.45, 2.75) is 0 Å². The monoisotopic (exact) mass is 354 g/mol. The molecule has 0 atom stereocenters. The standard InChI is InChI=1S/C19H19FN4O2/c1-24(2)8-9-26-17-12-15(5-7-21-17)23-19(25)16-11-14(20)10-13-4-3-6-22-18(13)16/h3-7,10-12H,8-9H2,1-2H3,(H,21,23,25). The summed E-state index contributed by atoms with van der Waals surface area (Å²) in [4.78, 5) is 22.9. The number of amides is 1. The lowest BCUT2D eigenvalue weighted by Gasteiger charge is -2.11. The van der Waals surface area contributed by atoms with E-state index in [-0.39, 0.29) is 5.56 Å². The number of hydrogen-bond acceptors (Lipinski definition) is 5. The molecule has 0 aliphatic carbocycles. The van der Waals surface area contributed by atoms with Crippen LogP contribution in [0.3, 0.4) is 0 Å². The average Bonchev–Trinajstić information content (AvgIpc) is 2.61. The Balaban J connectivity index is 1.78. The quantitative estimate of drug-likeness (QED) is 0.737. The second-order valence-corrected chi connectivity index (χ2v) is 6.02. The van der Waals surface area contributed by atoms with Gasteiger partial charge in [-0.1, -0.05) is 6.07 Å². The van der Waals surface area contributed by atoms with Gasteiger partial charge in [0.2, 0.25) is 5.88 Å². The molecule has 0 aliphatic rings. The zero-order valence-corrected chi connectivity index (χ0v) is 14.6. The maximum atomic E-state index is 13.8. The third-order valence-corrected chi connectivity index (χ3v) is 3.70. The van der Waals surface area contributed by atoms with Crippen LogP contribution in [-0.4, -0.2) is 48.0 Å². The van der Waals surface area contributed by atoms with Gasteiger partial charge in [0.15, 0.2) is 0 Å². The number of fused-ring (bicyclic) bond motifs is 1. The minimum atomic E-state index is -0.488. The molecule has 0 saturated carbocycles. The van der Waals surface area contributed by atoms with Gasteiger partial charge < -0.3 is 15.0 Å². The van der Waals surface area contributed by atoms with Gasteiger partial charge in [-0.25, -0.2) is 9.37 Å². The number of nitrogens with one attached hydrogen (secondary N) is 1. The molecule has 1 aromatic carbocycles. The molecule has 0 spiro atoms. The molecule has 0 radical (unpaired) electrons. The molecule has 2 aromatic heterocycles. The fraction of sp³-hybridized carbons (Fsp3) is 0.211. The Kier molecular flexibility index (Phi) is 5.38. The van der Waals surface area contributed by atoms with Crippen LogP contribution in [0.5, 0.6) is 5.88 Å². The van der Waals surface area contributed by atoms with Gasteiger partial charge in [-0.2, -0.15) is 0 Å². The molecule has 134 valence electrons. The molecule has 3 rings (SSSR count). The van der Waals surface area contributed by atoms with Gasteiger partial charge in [0.1, 0.15) is 12.4 Å². The van der Waals surface area contributed by atoms with Crippen molar-refractivity contribution in [3.8, 4) is 5.88 Å². The fourth-order valence-corrected chi connectivity index (χ4v) is 2.43. The molecule has 26 heavy (non-hydrogen) atoms. The number of benzene rings is 1. The van der Waals surface area contributed by atoms with E-state index in [0.717, 1.165) is 6.54 Å². The number of nitrogens with zero attached hydrogens (tertiary/aromatic N) is 3. The van der Waals surface area contributed by atoms with Gasteiger partial charge in [-0.05, 0) is 38.4 Å². The highest BCUT2D eigenvalue weighted by atomic mass is 19.1. The van der Waals surface area contributed by atoms with Crippen LogP contribution in [0.1, 0.15) is 10.4 Å². The van der Waals surface area contributed by atoms with Crippen molar-refractivity contribution in [3.05, 3.63) is 60.2 Å². The van der Waals surface area contributed by atoms with Gasteiger partial charge in [-0.15, -0.1) is 0 Å². The summed E-state index contributed by atoms with van der Waals surface area (Å²) in [6, 6.07) is 9.21. The molecule has 3 aromatic rings. The first kappa shape index (κ1) is 17.8. The van der Waals surface area contributed by atoms with Crippen LogP contribution < -0.4 is 10.1 Å². The minimum Gasteiger partial charge on any atom is -0.476 e. The number of rotatable bonds is 6. The summed E-state index contributed by atoms with van der Waals surface area (Å²) in [5.74, 6) is -0.524. The highest BCUT2D eigenvalue weighted by molar-refractivity contribution is 6.11. The van der Waals surface area contributed by atoms with Gasteiger partial charge in [0, 0.05) is 36.1 Å². The summed E-state index contributed by atoms with van der Waals surface area (Å²) in [5.41, 5.74) is 1.13. The lowest BCUT2D eigenvalue weighted by Crippen LogP contribution is -2.19. The highest BCUT2D eigenvalue weighted by Gasteiger charge is 2.14. The summed E-state index contributed by atoms with van der Waals surface area (Å²) in [6.45, 7) is 1.23. The van der Waals surface area contributed by atoms with Crippen molar-refractivity contribution in [2.24, 2.45) is 0 Å². The Labute approximate surface area is 150 Å². The van der Waals surface area contributed by atoms with E-state index >= 15 is 0 Å². The molecular formula is C19H19FN4O2. The number of ether oxygens (including phenoxy) is 1. The molecule has 1 N–H and O–H groups in total. The van der Waals surface area contributed by atoms with Crippen molar-refractivity contribution < 1.29 is 13.9 Å². The van der Waals surface area contributed by atoms with Crippen LogP contribution >= 0.6 is 0 Å². The van der Waals surface area contributed by atoms with Crippen LogP contribution in [0.2, 0.25) is 0 Å². The molecule has 0 unspecified atom stereocenters. The number of hydrogen-bond donors (Lipinski definition) is 1. The summed E-state index contributed by atoms with van der Waals surface area (Å²) >= 11 is 0. The van der Waals surface area contributed by atoms with E-state index in [1.807, 2.05) is 19.0 Å². The molecule has 2 heterocycles. The average molecular weight is 354 g/mol. The number of halogens is 1. The molecule has 1 amide bonds. The molecule has 6 nitrogen and oxygen atoms in total. The van der Waals surface area contributed by atoms with Gasteiger partial charge in [0.05, 0.1) is 11.1 Å². The van der Waals surface area contributed by atoms with E-state index < -0.39 is 11.7 Å². The Hall–Kier alpha value is -3.06. The molecular weight excluding hydrogens is 335 g/mol. The molecule has 7 heteroatoms. The molecule has 0 bridgehead atoms. The van der Waals surface area contributed by atoms with E-state index in [9.17, 15) is 9.18 Å². The third kappa shape index (κ3) is 4.31. The second-order valence-electron chi connectivity index (χ2n) is 6.02. The Morgan fingerprint density at radius 1 is 1.19 bits per heavy atom. The van der Waals surface area contributed by atoms with E-state index in [4.69, 9.17) is 4.74 Å². The lowest BCUT2D eigenvalue weighted by molar-refractivity contribution is 0.102. The van der Waals surface area contributed by atoms with Gasteiger partial charge in [0.25, 0.3) is 5.91 Å². The van der Waals surface area contributed by atoms with Crippen LogP contribution in [0.25, 0.3) is 10.9 Å². The first-order valence-electron chi connectivity index (χ1n) is 8.12. The first-order chi connectivity index (χ1) is 12.5. The third-order valence-electron chi connectivity index (χ3n) is 3.70. The van der Waals surface area contributed by atoms with E-state index in [0.29, 0.717) is 29.1 Å². The summed E-state index contributed by atoms with van der Waals surface area (Å²) < 4.78 is 19.4. The number of aromatic nitrogens is 2. The number of pyridine rings is 2. The summed E-state index contributed by atoms with van der Waals surface area (Å²) in [5, 5.41) is 3.31. The van der Waals surface area contributed by atoms with Crippen molar-refractivity contribution >= 4 is 22.5 Å².